The molecule has 1 fully saturated rings. The molecule has 1 atom stereocenters. The number of hydrogen-bond acceptors (Lipinski definition) is 3. The Morgan fingerprint density at radius 1 is 1.45 bits per heavy atom. The van der Waals surface area contributed by atoms with E-state index in [1.807, 2.05) is 0 Å². The SMILES string of the molecule is CCCC1(C(=O)NCC(C)(C)CCOC)CCCNC1. The molecule has 1 rings (SSSR count). The van der Waals surface area contributed by atoms with Gasteiger partial charge in [0.15, 0.2) is 0 Å². The Balaban J connectivity index is 2.54. The van der Waals surface area contributed by atoms with Gasteiger partial charge in [0.25, 0.3) is 0 Å². The van der Waals surface area contributed by atoms with Crippen LogP contribution in [0.3, 0.4) is 0 Å². The van der Waals surface area contributed by atoms with Crippen LogP contribution in [0.25, 0.3) is 0 Å². The molecule has 118 valence electrons. The summed E-state index contributed by atoms with van der Waals surface area (Å²) >= 11 is 0. The minimum absolute atomic E-state index is 0.0845. The summed E-state index contributed by atoms with van der Waals surface area (Å²) in [7, 11) is 1.72. The van der Waals surface area contributed by atoms with E-state index in [4.69, 9.17) is 4.74 Å². The van der Waals surface area contributed by atoms with E-state index in [1.165, 1.54) is 0 Å². The maximum atomic E-state index is 12.6. The summed E-state index contributed by atoms with van der Waals surface area (Å²) in [5, 5.41) is 6.58. The molecular weight excluding hydrogens is 252 g/mol. The molecule has 1 aliphatic rings. The molecule has 0 aliphatic carbocycles. The van der Waals surface area contributed by atoms with Gasteiger partial charge in [0.1, 0.15) is 0 Å². The minimum atomic E-state index is -0.190. The van der Waals surface area contributed by atoms with Gasteiger partial charge in [0.2, 0.25) is 5.91 Å². The number of nitrogens with one attached hydrogen (secondary N) is 2. The summed E-state index contributed by atoms with van der Waals surface area (Å²) in [5.41, 5.74) is -0.106. The lowest BCUT2D eigenvalue weighted by molar-refractivity contribution is -0.133. The summed E-state index contributed by atoms with van der Waals surface area (Å²) in [4.78, 5) is 12.6. The van der Waals surface area contributed by atoms with Crippen LogP contribution in [0.1, 0.15) is 52.9 Å². The second kappa shape index (κ2) is 7.99. The number of hydrogen-bond donors (Lipinski definition) is 2. The third kappa shape index (κ3) is 5.06. The van der Waals surface area contributed by atoms with Crippen molar-refractivity contribution in [2.75, 3.05) is 33.4 Å². The molecule has 1 aliphatic heterocycles. The van der Waals surface area contributed by atoms with Crippen LogP contribution in [-0.2, 0) is 9.53 Å². The number of rotatable bonds is 8. The molecule has 20 heavy (non-hydrogen) atoms. The molecule has 1 amide bonds. The number of amides is 1. The van der Waals surface area contributed by atoms with Crippen LogP contribution in [0.5, 0.6) is 0 Å². The summed E-state index contributed by atoms with van der Waals surface area (Å²) in [6, 6.07) is 0. The van der Waals surface area contributed by atoms with Crippen molar-refractivity contribution in [2.45, 2.75) is 52.9 Å². The third-order valence-electron chi connectivity index (χ3n) is 4.39. The van der Waals surface area contributed by atoms with E-state index in [-0.39, 0.29) is 16.7 Å². The highest BCUT2D eigenvalue weighted by atomic mass is 16.5. The Morgan fingerprint density at radius 3 is 2.75 bits per heavy atom. The molecule has 0 saturated carbocycles. The zero-order valence-electron chi connectivity index (χ0n) is 13.7. The summed E-state index contributed by atoms with van der Waals surface area (Å²) in [5.74, 6) is 0.233. The van der Waals surface area contributed by atoms with E-state index in [1.54, 1.807) is 7.11 Å². The van der Waals surface area contributed by atoms with Crippen molar-refractivity contribution in [3.63, 3.8) is 0 Å². The summed E-state index contributed by atoms with van der Waals surface area (Å²) < 4.78 is 5.14. The molecule has 0 radical (unpaired) electrons. The fourth-order valence-electron chi connectivity index (χ4n) is 2.94. The van der Waals surface area contributed by atoms with Gasteiger partial charge in [-0.2, -0.15) is 0 Å². The fourth-order valence-corrected chi connectivity index (χ4v) is 2.94. The van der Waals surface area contributed by atoms with Crippen LogP contribution in [-0.4, -0.2) is 39.3 Å². The second-order valence-corrected chi connectivity index (χ2v) is 6.90. The number of methoxy groups -OCH3 is 1. The van der Waals surface area contributed by atoms with Gasteiger partial charge < -0.3 is 15.4 Å². The van der Waals surface area contributed by atoms with Gasteiger partial charge >= 0.3 is 0 Å². The Morgan fingerprint density at radius 2 is 2.20 bits per heavy atom. The van der Waals surface area contributed by atoms with E-state index in [0.717, 1.165) is 58.3 Å². The molecule has 0 aromatic carbocycles. The van der Waals surface area contributed by atoms with Gasteiger partial charge in [0, 0.05) is 26.8 Å². The van der Waals surface area contributed by atoms with E-state index in [2.05, 4.69) is 31.4 Å². The zero-order chi connectivity index (χ0) is 15.1. The van der Waals surface area contributed by atoms with Crippen LogP contribution < -0.4 is 10.6 Å². The van der Waals surface area contributed by atoms with Crippen molar-refractivity contribution in [3.05, 3.63) is 0 Å². The molecule has 2 N–H and O–H groups in total. The molecule has 4 heteroatoms. The van der Waals surface area contributed by atoms with Gasteiger partial charge in [0.05, 0.1) is 5.41 Å². The zero-order valence-corrected chi connectivity index (χ0v) is 13.7. The molecule has 0 aromatic heterocycles. The van der Waals surface area contributed by atoms with Crippen molar-refractivity contribution in [3.8, 4) is 0 Å². The number of ether oxygens (including phenoxy) is 1. The monoisotopic (exact) mass is 284 g/mol. The molecule has 0 aromatic rings. The first-order chi connectivity index (χ1) is 9.46. The maximum absolute atomic E-state index is 12.6. The lowest BCUT2D eigenvalue weighted by Crippen LogP contribution is -2.52. The minimum Gasteiger partial charge on any atom is -0.385 e. The number of carbonyl (C=O) groups is 1. The average molecular weight is 284 g/mol. The van der Waals surface area contributed by atoms with E-state index >= 15 is 0 Å². The molecule has 1 saturated heterocycles. The predicted octanol–water partition coefficient (Wildman–Crippen LogP) is 2.34. The van der Waals surface area contributed by atoms with Crippen LogP contribution >= 0.6 is 0 Å². The highest BCUT2D eigenvalue weighted by Gasteiger charge is 2.38. The standard InChI is InChI=1S/C16H32N2O2/c1-5-7-16(8-6-10-17-13-16)14(19)18-12-15(2,3)9-11-20-4/h17H,5-13H2,1-4H3,(H,18,19). The van der Waals surface area contributed by atoms with Crippen LogP contribution in [0.15, 0.2) is 0 Å². The van der Waals surface area contributed by atoms with Gasteiger partial charge in [-0.25, -0.2) is 0 Å². The molecule has 0 bridgehead atoms. The van der Waals surface area contributed by atoms with Crippen molar-refractivity contribution in [2.24, 2.45) is 10.8 Å². The highest BCUT2D eigenvalue weighted by Crippen LogP contribution is 2.32. The smallest absolute Gasteiger partial charge is 0.227 e. The average Bonchev–Trinajstić information content (AvgIpc) is 2.44. The summed E-state index contributed by atoms with van der Waals surface area (Å²) in [6.07, 6.45) is 5.11. The number of piperidine rings is 1. The largest absolute Gasteiger partial charge is 0.385 e. The first-order valence-corrected chi connectivity index (χ1v) is 7.94. The number of carbonyl (C=O) groups excluding carboxylic acids is 1. The van der Waals surface area contributed by atoms with Gasteiger partial charge in [-0.1, -0.05) is 27.2 Å². The quantitative estimate of drug-likeness (QED) is 0.719. The van der Waals surface area contributed by atoms with Gasteiger partial charge in [-0.05, 0) is 37.6 Å². The maximum Gasteiger partial charge on any atom is 0.227 e. The predicted molar refractivity (Wildman–Crippen MR) is 82.7 cm³/mol. The van der Waals surface area contributed by atoms with Gasteiger partial charge in [-0.15, -0.1) is 0 Å². The van der Waals surface area contributed by atoms with Crippen molar-refractivity contribution in [1.82, 2.24) is 10.6 Å². The van der Waals surface area contributed by atoms with Crippen molar-refractivity contribution < 1.29 is 9.53 Å². The van der Waals surface area contributed by atoms with E-state index in [9.17, 15) is 4.79 Å². The van der Waals surface area contributed by atoms with E-state index in [0.29, 0.717) is 0 Å². The Kier molecular flexibility index (Phi) is 6.96. The molecule has 1 unspecified atom stereocenters. The lowest BCUT2D eigenvalue weighted by Gasteiger charge is -2.37. The first kappa shape index (κ1) is 17.4. The Hall–Kier alpha value is -0.610. The first-order valence-electron chi connectivity index (χ1n) is 7.94. The Bertz CT molecular complexity index is 291. The molecule has 0 spiro atoms. The highest BCUT2D eigenvalue weighted by molar-refractivity contribution is 5.83. The fraction of sp³-hybridized carbons (Fsp3) is 0.938. The second-order valence-electron chi connectivity index (χ2n) is 6.90. The molecular formula is C16H32N2O2. The van der Waals surface area contributed by atoms with Crippen LogP contribution in [0.2, 0.25) is 0 Å². The molecule has 4 nitrogen and oxygen atoms in total. The summed E-state index contributed by atoms with van der Waals surface area (Å²) in [6.45, 7) is 9.84. The van der Waals surface area contributed by atoms with Gasteiger partial charge in [-0.3, -0.25) is 4.79 Å². The Labute approximate surface area is 124 Å². The lowest BCUT2D eigenvalue weighted by atomic mass is 9.76. The normalized spacial score (nSPS) is 23.6. The third-order valence-corrected chi connectivity index (χ3v) is 4.39. The van der Waals surface area contributed by atoms with Crippen LogP contribution in [0, 0.1) is 10.8 Å². The van der Waals surface area contributed by atoms with Crippen molar-refractivity contribution >= 4 is 5.91 Å². The van der Waals surface area contributed by atoms with Crippen molar-refractivity contribution in [1.29, 1.82) is 0 Å². The van der Waals surface area contributed by atoms with Crippen LogP contribution in [0.4, 0.5) is 0 Å². The topological polar surface area (TPSA) is 50.4 Å². The molecule has 1 heterocycles. The van der Waals surface area contributed by atoms with E-state index < -0.39 is 0 Å².